The Morgan fingerprint density at radius 2 is 2.25 bits per heavy atom. The molecule has 2 nitrogen and oxygen atoms in total. The highest BCUT2D eigenvalue weighted by Crippen LogP contribution is 2.08. The van der Waals surface area contributed by atoms with Crippen LogP contribution in [0.3, 0.4) is 0 Å². The summed E-state index contributed by atoms with van der Waals surface area (Å²) in [4.78, 5) is 0. The Bertz CT molecular complexity index is 101. The number of hydrogen-bond acceptors (Lipinski definition) is 3. The first-order valence-corrected chi connectivity index (χ1v) is 2.75. The van der Waals surface area contributed by atoms with Crippen molar-refractivity contribution >= 4 is 12.8 Å². The van der Waals surface area contributed by atoms with Crippen molar-refractivity contribution in [2.24, 2.45) is 0 Å². The lowest BCUT2D eigenvalue weighted by Crippen LogP contribution is -2.36. The molecule has 3 heteroatoms. The van der Waals surface area contributed by atoms with Crippen molar-refractivity contribution in [1.82, 2.24) is 4.72 Å². The van der Waals surface area contributed by atoms with Gasteiger partial charge in [-0.25, -0.2) is 4.72 Å². The molecule has 0 aromatic rings. The van der Waals surface area contributed by atoms with Gasteiger partial charge < -0.3 is 5.11 Å². The van der Waals surface area contributed by atoms with Gasteiger partial charge in [-0.3, -0.25) is 0 Å². The van der Waals surface area contributed by atoms with Gasteiger partial charge in [0.25, 0.3) is 0 Å². The third kappa shape index (κ3) is 1.86. The monoisotopic (exact) mass is 133 g/mol. The van der Waals surface area contributed by atoms with E-state index in [1.54, 1.807) is 13.8 Å². The molecule has 0 saturated carbocycles. The molecular formula is C5H11NOS. The first kappa shape index (κ1) is 8.01. The number of hydrogen-bond donors (Lipinski definition) is 3. The molecule has 0 aromatic heterocycles. The molecule has 0 aliphatic heterocycles. The lowest BCUT2D eigenvalue weighted by Gasteiger charge is -2.20. The largest absolute Gasteiger partial charge is 0.371 e. The zero-order chi connectivity index (χ0) is 6.78. The van der Waals surface area contributed by atoms with Crippen LogP contribution in [-0.4, -0.2) is 10.8 Å². The first-order chi connectivity index (χ1) is 3.50. The molecule has 1 atom stereocenters. The summed E-state index contributed by atoms with van der Waals surface area (Å²) in [6.45, 7) is 6.85. The minimum atomic E-state index is -1.04. The van der Waals surface area contributed by atoms with E-state index >= 15 is 0 Å². The normalized spacial score (nSPS) is 17.5. The second kappa shape index (κ2) is 2.53. The highest BCUT2D eigenvalue weighted by molar-refractivity contribution is 7.78. The van der Waals surface area contributed by atoms with Gasteiger partial charge in [-0.1, -0.05) is 19.4 Å². The van der Waals surface area contributed by atoms with Crippen molar-refractivity contribution < 1.29 is 5.11 Å². The average molecular weight is 133 g/mol. The summed E-state index contributed by atoms with van der Waals surface area (Å²) < 4.78 is 2.39. The van der Waals surface area contributed by atoms with Crippen LogP contribution in [0.4, 0.5) is 0 Å². The van der Waals surface area contributed by atoms with Crippen LogP contribution < -0.4 is 4.72 Å². The zero-order valence-corrected chi connectivity index (χ0v) is 6.00. The van der Waals surface area contributed by atoms with Gasteiger partial charge >= 0.3 is 0 Å². The zero-order valence-electron chi connectivity index (χ0n) is 5.10. The van der Waals surface area contributed by atoms with Crippen LogP contribution in [-0.2, 0) is 0 Å². The van der Waals surface area contributed by atoms with E-state index in [0.29, 0.717) is 5.57 Å². The van der Waals surface area contributed by atoms with Gasteiger partial charge in [-0.15, -0.1) is 0 Å². The Kier molecular flexibility index (Phi) is 2.53. The Morgan fingerprint density at radius 1 is 1.88 bits per heavy atom. The fourth-order valence-electron chi connectivity index (χ4n) is 0.0954. The molecule has 2 N–H and O–H groups in total. The van der Waals surface area contributed by atoms with Crippen LogP contribution in [0.5, 0.6) is 0 Å². The Hall–Kier alpha value is 0.0100. The molecule has 0 amide bonds. The van der Waals surface area contributed by atoms with Gasteiger partial charge in [0.1, 0.15) is 5.72 Å². The van der Waals surface area contributed by atoms with Gasteiger partial charge in [-0.2, -0.15) is 0 Å². The fraction of sp³-hybridized carbons (Fsp3) is 0.600. The number of aliphatic hydroxyl groups is 1. The Morgan fingerprint density at radius 3 is 2.25 bits per heavy atom. The van der Waals surface area contributed by atoms with Crippen LogP contribution in [0.1, 0.15) is 13.8 Å². The molecule has 0 fully saturated rings. The second-order valence-electron chi connectivity index (χ2n) is 1.96. The van der Waals surface area contributed by atoms with Crippen molar-refractivity contribution in [3.05, 3.63) is 12.2 Å². The van der Waals surface area contributed by atoms with Crippen molar-refractivity contribution in [1.29, 1.82) is 0 Å². The highest BCUT2D eigenvalue weighted by atomic mass is 32.1. The standard InChI is InChI=1S/C5H11NOS/c1-4(2)5(3,7)6-8/h6-8H,1H2,2-3H3. The first-order valence-electron chi connectivity index (χ1n) is 2.30. The maximum Gasteiger partial charge on any atom is 0.143 e. The van der Waals surface area contributed by atoms with Gasteiger partial charge in [0.2, 0.25) is 0 Å². The molecule has 8 heavy (non-hydrogen) atoms. The molecule has 0 rings (SSSR count). The minimum absolute atomic E-state index is 0.646. The summed E-state index contributed by atoms with van der Waals surface area (Å²) in [6, 6.07) is 0. The van der Waals surface area contributed by atoms with Crippen molar-refractivity contribution in [3.8, 4) is 0 Å². The van der Waals surface area contributed by atoms with E-state index in [0.717, 1.165) is 0 Å². The van der Waals surface area contributed by atoms with Crippen LogP contribution >= 0.6 is 12.8 Å². The average Bonchev–Trinajstić information content (AvgIpc) is 1.67. The molecule has 0 spiro atoms. The molecular weight excluding hydrogens is 122 g/mol. The van der Waals surface area contributed by atoms with Crippen LogP contribution in [0.2, 0.25) is 0 Å². The maximum absolute atomic E-state index is 9.11. The van der Waals surface area contributed by atoms with Gasteiger partial charge in [0.15, 0.2) is 0 Å². The predicted molar refractivity (Wildman–Crippen MR) is 37.6 cm³/mol. The summed E-state index contributed by atoms with van der Waals surface area (Å²) in [6.07, 6.45) is 0. The molecule has 0 radical (unpaired) electrons. The summed E-state index contributed by atoms with van der Waals surface area (Å²) in [5.41, 5.74) is -0.393. The lowest BCUT2D eigenvalue weighted by atomic mass is 10.1. The van der Waals surface area contributed by atoms with E-state index in [1.807, 2.05) is 0 Å². The summed E-state index contributed by atoms with van der Waals surface area (Å²) in [7, 11) is 0. The van der Waals surface area contributed by atoms with E-state index in [2.05, 4.69) is 24.1 Å². The summed E-state index contributed by atoms with van der Waals surface area (Å²) in [5, 5.41) is 9.11. The Labute approximate surface area is 55.1 Å². The van der Waals surface area contributed by atoms with Crippen LogP contribution in [0.25, 0.3) is 0 Å². The van der Waals surface area contributed by atoms with E-state index in [-0.39, 0.29) is 0 Å². The third-order valence-corrected chi connectivity index (χ3v) is 1.48. The minimum Gasteiger partial charge on any atom is -0.371 e. The molecule has 1 unspecified atom stereocenters. The number of thiol groups is 1. The molecule has 0 bridgehead atoms. The fourth-order valence-corrected chi connectivity index (χ4v) is 0.286. The number of nitrogens with one attached hydrogen (secondary N) is 1. The summed E-state index contributed by atoms with van der Waals surface area (Å²) >= 11 is 3.68. The van der Waals surface area contributed by atoms with E-state index < -0.39 is 5.72 Å². The van der Waals surface area contributed by atoms with Gasteiger partial charge in [0, 0.05) is 0 Å². The second-order valence-corrected chi connectivity index (χ2v) is 2.19. The highest BCUT2D eigenvalue weighted by Gasteiger charge is 2.17. The van der Waals surface area contributed by atoms with Gasteiger partial charge in [-0.05, 0) is 19.4 Å². The van der Waals surface area contributed by atoms with E-state index in [9.17, 15) is 0 Å². The van der Waals surface area contributed by atoms with Crippen molar-refractivity contribution in [2.75, 3.05) is 0 Å². The van der Waals surface area contributed by atoms with Crippen LogP contribution in [0, 0.1) is 0 Å². The van der Waals surface area contributed by atoms with Gasteiger partial charge in [0.05, 0.1) is 0 Å². The van der Waals surface area contributed by atoms with Crippen molar-refractivity contribution in [3.63, 3.8) is 0 Å². The molecule has 0 aromatic carbocycles. The number of rotatable bonds is 2. The predicted octanol–water partition coefficient (Wildman–Crippen LogP) is 0.705. The maximum atomic E-state index is 9.11. The SMILES string of the molecule is C=C(C)C(C)(O)NS. The molecule has 0 aliphatic carbocycles. The molecule has 0 saturated heterocycles. The molecule has 0 aliphatic rings. The molecule has 48 valence electrons. The lowest BCUT2D eigenvalue weighted by molar-refractivity contribution is 0.0916. The van der Waals surface area contributed by atoms with E-state index in [1.165, 1.54) is 0 Å². The molecule has 0 heterocycles. The quantitative estimate of drug-likeness (QED) is 0.294. The summed E-state index contributed by atoms with van der Waals surface area (Å²) in [5.74, 6) is 0. The smallest absolute Gasteiger partial charge is 0.143 e. The third-order valence-electron chi connectivity index (χ3n) is 1.05. The Balaban J connectivity index is 3.91. The van der Waals surface area contributed by atoms with E-state index in [4.69, 9.17) is 5.11 Å². The van der Waals surface area contributed by atoms with Crippen molar-refractivity contribution in [2.45, 2.75) is 19.6 Å². The topological polar surface area (TPSA) is 32.3 Å². The van der Waals surface area contributed by atoms with Crippen LogP contribution in [0.15, 0.2) is 12.2 Å².